The minimum atomic E-state index is -0.376. The maximum Gasteiger partial charge on any atom is 0.271 e. The summed E-state index contributed by atoms with van der Waals surface area (Å²) < 4.78 is 7.21. The van der Waals surface area contributed by atoms with Crippen molar-refractivity contribution in [3.05, 3.63) is 101 Å². The van der Waals surface area contributed by atoms with Crippen LogP contribution in [0, 0.1) is 6.92 Å². The summed E-state index contributed by atoms with van der Waals surface area (Å²) >= 11 is 6.01. The third-order valence-electron chi connectivity index (χ3n) is 5.19. The van der Waals surface area contributed by atoms with Crippen LogP contribution in [0.15, 0.2) is 84.0 Å². The zero-order chi connectivity index (χ0) is 23.4. The third-order valence-corrected chi connectivity index (χ3v) is 5.41. The molecular formula is C26H22ClN3O3. The van der Waals surface area contributed by atoms with Gasteiger partial charge in [-0.1, -0.05) is 41.9 Å². The molecule has 1 aromatic heterocycles. The zero-order valence-corrected chi connectivity index (χ0v) is 18.9. The molecule has 0 fully saturated rings. The Morgan fingerprint density at radius 3 is 2.48 bits per heavy atom. The molecule has 1 amide bonds. The first-order valence-corrected chi connectivity index (χ1v) is 10.6. The standard InChI is InChI=1S/C26H22ClN3O3/c1-17-8-13-23(18-6-4-3-5-7-18)30(17)22-11-9-19(10-12-22)26(32)29-28-16-20-14-21(27)15-24(33-2)25(20)31/h3-16,31H,1-2H3,(H,29,32)/b28-16-. The summed E-state index contributed by atoms with van der Waals surface area (Å²) in [6.07, 6.45) is 1.31. The number of ether oxygens (including phenoxy) is 1. The summed E-state index contributed by atoms with van der Waals surface area (Å²) in [6.45, 7) is 2.04. The number of nitrogens with one attached hydrogen (secondary N) is 1. The number of rotatable bonds is 6. The van der Waals surface area contributed by atoms with E-state index in [2.05, 4.69) is 39.4 Å². The number of amides is 1. The number of halogens is 1. The fraction of sp³-hybridized carbons (Fsp3) is 0.0769. The molecule has 166 valence electrons. The molecule has 0 atom stereocenters. The molecular weight excluding hydrogens is 438 g/mol. The molecule has 0 aliphatic rings. The van der Waals surface area contributed by atoms with E-state index in [0.717, 1.165) is 22.6 Å². The Morgan fingerprint density at radius 2 is 1.79 bits per heavy atom. The number of carbonyl (C=O) groups is 1. The van der Waals surface area contributed by atoms with E-state index in [1.807, 2.05) is 37.3 Å². The molecule has 3 aromatic carbocycles. The van der Waals surface area contributed by atoms with Gasteiger partial charge in [-0.05, 0) is 55.0 Å². The van der Waals surface area contributed by atoms with E-state index in [9.17, 15) is 9.90 Å². The van der Waals surface area contributed by atoms with Gasteiger partial charge in [0.1, 0.15) is 0 Å². The van der Waals surface area contributed by atoms with E-state index in [1.165, 1.54) is 25.5 Å². The van der Waals surface area contributed by atoms with Gasteiger partial charge in [0.05, 0.1) is 19.0 Å². The predicted octanol–water partition coefficient (Wildman–Crippen LogP) is 5.58. The normalized spacial score (nSPS) is 11.0. The van der Waals surface area contributed by atoms with Crippen LogP contribution in [0.2, 0.25) is 5.02 Å². The molecule has 4 rings (SSSR count). The number of phenols is 1. The quantitative estimate of drug-likeness (QED) is 0.292. The minimum absolute atomic E-state index is 0.111. The molecule has 1 heterocycles. The molecule has 0 aliphatic carbocycles. The molecule has 33 heavy (non-hydrogen) atoms. The highest BCUT2D eigenvalue weighted by Crippen LogP contribution is 2.32. The fourth-order valence-electron chi connectivity index (χ4n) is 3.55. The van der Waals surface area contributed by atoms with Gasteiger partial charge in [0, 0.05) is 33.6 Å². The number of phenolic OH excluding ortho intramolecular Hbond substituents is 1. The molecule has 0 unspecified atom stereocenters. The smallest absolute Gasteiger partial charge is 0.271 e. The molecule has 0 saturated heterocycles. The van der Waals surface area contributed by atoms with Crippen LogP contribution < -0.4 is 10.2 Å². The third kappa shape index (κ3) is 4.76. The molecule has 6 nitrogen and oxygen atoms in total. The van der Waals surface area contributed by atoms with Gasteiger partial charge >= 0.3 is 0 Å². The molecule has 0 spiro atoms. The van der Waals surface area contributed by atoms with Crippen LogP contribution in [0.5, 0.6) is 11.5 Å². The van der Waals surface area contributed by atoms with E-state index in [-0.39, 0.29) is 17.4 Å². The first-order valence-electron chi connectivity index (χ1n) is 10.2. The van der Waals surface area contributed by atoms with E-state index < -0.39 is 0 Å². The molecule has 0 saturated carbocycles. The first-order chi connectivity index (χ1) is 16.0. The number of hydrazone groups is 1. The molecule has 7 heteroatoms. The Balaban J connectivity index is 1.51. The monoisotopic (exact) mass is 459 g/mol. The summed E-state index contributed by atoms with van der Waals surface area (Å²) in [5.41, 5.74) is 7.47. The van der Waals surface area contributed by atoms with Gasteiger partial charge in [-0.15, -0.1) is 0 Å². The second-order valence-corrected chi connectivity index (χ2v) is 7.79. The van der Waals surface area contributed by atoms with Crippen molar-refractivity contribution in [3.63, 3.8) is 0 Å². The van der Waals surface area contributed by atoms with Gasteiger partial charge < -0.3 is 14.4 Å². The number of hydrogen-bond acceptors (Lipinski definition) is 4. The summed E-state index contributed by atoms with van der Waals surface area (Å²) in [6, 6.07) is 24.6. The SMILES string of the molecule is COc1cc(Cl)cc(/C=N\NC(=O)c2ccc(-n3c(C)ccc3-c3ccccc3)cc2)c1O. The van der Waals surface area contributed by atoms with Crippen molar-refractivity contribution < 1.29 is 14.6 Å². The van der Waals surface area contributed by atoms with Crippen molar-refractivity contribution in [1.29, 1.82) is 0 Å². The Kier molecular flexibility index (Phi) is 6.47. The van der Waals surface area contributed by atoms with Gasteiger partial charge in [-0.25, -0.2) is 5.43 Å². The summed E-state index contributed by atoms with van der Waals surface area (Å²) in [7, 11) is 1.43. The van der Waals surface area contributed by atoms with E-state index in [1.54, 1.807) is 12.1 Å². The first kappa shape index (κ1) is 22.2. The number of methoxy groups -OCH3 is 1. The molecule has 0 aliphatic heterocycles. The van der Waals surface area contributed by atoms with Gasteiger partial charge in [0.25, 0.3) is 5.91 Å². The van der Waals surface area contributed by atoms with Crippen LogP contribution in [0.25, 0.3) is 16.9 Å². The van der Waals surface area contributed by atoms with Gasteiger partial charge in [0.15, 0.2) is 11.5 Å². The predicted molar refractivity (Wildman–Crippen MR) is 131 cm³/mol. The Morgan fingerprint density at radius 1 is 1.06 bits per heavy atom. The lowest BCUT2D eigenvalue weighted by molar-refractivity contribution is 0.0955. The highest BCUT2D eigenvalue weighted by atomic mass is 35.5. The van der Waals surface area contributed by atoms with Crippen molar-refractivity contribution in [1.82, 2.24) is 9.99 Å². The number of aryl methyl sites for hydroxylation is 1. The largest absolute Gasteiger partial charge is 0.504 e. The van der Waals surface area contributed by atoms with E-state index in [0.29, 0.717) is 16.1 Å². The molecule has 4 aromatic rings. The van der Waals surface area contributed by atoms with Crippen LogP contribution in [-0.4, -0.2) is 28.9 Å². The molecule has 0 radical (unpaired) electrons. The number of aromatic hydroxyl groups is 1. The van der Waals surface area contributed by atoms with Crippen LogP contribution >= 0.6 is 11.6 Å². The Labute approximate surface area is 196 Å². The van der Waals surface area contributed by atoms with Crippen molar-refractivity contribution in [2.24, 2.45) is 5.10 Å². The Bertz CT molecular complexity index is 1310. The number of aromatic nitrogens is 1. The lowest BCUT2D eigenvalue weighted by Crippen LogP contribution is -2.17. The van der Waals surface area contributed by atoms with E-state index in [4.69, 9.17) is 16.3 Å². The Hall–Kier alpha value is -4.03. The maximum atomic E-state index is 12.5. The second kappa shape index (κ2) is 9.63. The van der Waals surface area contributed by atoms with Crippen LogP contribution in [0.1, 0.15) is 21.6 Å². The maximum absolute atomic E-state index is 12.5. The number of nitrogens with zero attached hydrogens (tertiary/aromatic N) is 2. The van der Waals surface area contributed by atoms with Crippen LogP contribution in [-0.2, 0) is 0 Å². The van der Waals surface area contributed by atoms with Crippen molar-refractivity contribution >= 4 is 23.7 Å². The summed E-state index contributed by atoms with van der Waals surface area (Å²) in [5.74, 6) is -0.264. The number of hydrogen-bond donors (Lipinski definition) is 2. The number of carbonyl (C=O) groups excluding carboxylic acids is 1. The lowest BCUT2D eigenvalue weighted by Gasteiger charge is -2.12. The second-order valence-electron chi connectivity index (χ2n) is 7.35. The van der Waals surface area contributed by atoms with Crippen LogP contribution in [0.4, 0.5) is 0 Å². The molecule has 2 N–H and O–H groups in total. The lowest BCUT2D eigenvalue weighted by atomic mass is 10.1. The molecule has 0 bridgehead atoms. The van der Waals surface area contributed by atoms with Gasteiger partial charge in [-0.3, -0.25) is 4.79 Å². The highest BCUT2D eigenvalue weighted by molar-refractivity contribution is 6.31. The summed E-state index contributed by atoms with van der Waals surface area (Å²) in [4.78, 5) is 12.5. The van der Waals surface area contributed by atoms with Crippen molar-refractivity contribution in [3.8, 4) is 28.4 Å². The van der Waals surface area contributed by atoms with Crippen molar-refractivity contribution in [2.45, 2.75) is 6.92 Å². The van der Waals surface area contributed by atoms with E-state index >= 15 is 0 Å². The summed E-state index contributed by atoms with van der Waals surface area (Å²) in [5, 5.41) is 14.5. The number of benzene rings is 3. The fourth-order valence-corrected chi connectivity index (χ4v) is 3.77. The highest BCUT2D eigenvalue weighted by Gasteiger charge is 2.11. The zero-order valence-electron chi connectivity index (χ0n) is 18.1. The van der Waals surface area contributed by atoms with Crippen LogP contribution in [0.3, 0.4) is 0 Å². The van der Waals surface area contributed by atoms with Crippen molar-refractivity contribution in [2.75, 3.05) is 7.11 Å². The average Bonchev–Trinajstić information content (AvgIpc) is 3.22. The average molecular weight is 460 g/mol. The van der Waals surface area contributed by atoms with Gasteiger partial charge in [-0.2, -0.15) is 5.10 Å². The topological polar surface area (TPSA) is 75.8 Å². The minimum Gasteiger partial charge on any atom is -0.504 e. The van der Waals surface area contributed by atoms with Gasteiger partial charge in [0.2, 0.25) is 0 Å².